The summed E-state index contributed by atoms with van der Waals surface area (Å²) >= 11 is 19.0. The zero-order chi connectivity index (χ0) is 30.9. The summed E-state index contributed by atoms with van der Waals surface area (Å²) in [4.78, 5) is 28.8. The Labute approximate surface area is 269 Å². The Morgan fingerprint density at radius 2 is 1.67 bits per heavy atom. The van der Waals surface area contributed by atoms with Crippen LogP contribution >= 0.6 is 55.1 Å². The van der Waals surface area contributed by atoms with Crippen LogP contribution in [0.1, 0.15) is 32.0 Å². The van der Waals surface area contributed by atoms with Crippen LogP contribution in [0.4, 0.5) is 13.2 Å². The number of halogens is 7. The van der Waals surface area contributed by atoms with Crippen LogP contribution < -0.4 is 10.2 Å². The third kappa shape index (κ3) is 6.65. The van der Waals surface area contributed by atoms with E-state index in [2.05, 4.69) is 47.4 Å². The summed E-state index contributed by atoms with van der Waals surface area (Å²) in [6.07, 6.45) is -3.45. The molecule has 0 saturated carbocycles. The number of hydrogen-bond acceptors (Lipinski definition) is 4. The molecule has 0 spiro atoms. The molecule has 0 bridgehead atoms. The first kappa shape index (κ1) is 30.8. The van der Waals surface area contributed by atoms with Gasteiger partial charge in [-0.15, -0.1) is 0 Å². The number of carbonyl (C=O) groups excluding carboxylic acids is 2. The van der Waals surface area contributed by atoms with Crippen molar-refractivity contribution < 1.29 is 27.5 Å². The molecule has 1 amide bonds. The van der Waals surface area contributed by atoms with Gasteiger partial charge in [-0.05, 0) is 64.5 Å². The summed E-state index contributed by atoms with van der Waals surface area (Å²) in [7, 11) is 0. The lowest BCUT2D eigenvalue weighted by atomic mass is 10.00. The van der Waals surface area contributed by atoms with Crippen LogP contribution in [-0.2, 0) is 6.18 Å². The van der Waals surface area contributed by atoms with Gasteiger partial charge in [0.1, 0.15) is 5.69 Å². The SMILES string of the molecule is O=C(Oc1c(Br)cc(Br)cc1C=NNC(=O)c1[nH]c2c(C(F)(F)F)cccc2c1-c1ccccc1Cl)c1ccc(Cl)cc1. The number of nitrogens with one attached hydrogen (secondary N) is 2. The summed E-state index contributed by atoms with van der Waals surface area (Å²) in [5.74, 6) is -1.39. The maximum atomic E-state index is 13.8. The Bertz CT molecular complexity index is 1910. The van der Waals surface area contributed by atoms with Crippen molar-refractivity contribution in [2.45, 2.75) is 6.18 Å². The Morgan fingerprint density at radius 1 is 0.953 bits per heavy atom. The van der Waals surface area contributed by atoms with Gasteiger partial charge in [0.25, 0.3) is 5.91 Å². The maximum Gasteiger partial charge on any atom is 0.418 e. The normalized spacial score (nSPS) is 11.7. The summed E-state index contributed by atoms with van der Waals surface area (Å²) in [6, 6.07) is 19.5. The average molecular weight is 754 g/mol. The summed E-state index contributed by atoms with van der Waals surface area (Å²) < 4.78 is 48.1. The van der Waals surface area contributed by atoms with Crippen LogP contribution in [0.15, 0.2) is 92.9 Å². The van der Waals surface area contributed by atoms with E-state index in [-0.39, 0.29) is 38.5 Å². The predicted molar refractivity (Wildman–Crippen MR) is 167 cm³/mol. The van der Waals surface area contributed by atoms with Crippen molar-refractivity contribution in [1.82, 2.24) is 10.4 Å². The first-order valence-electron chi connectivity index (χ1n) is 12.2. The van der Waals surface area contributed by atoms with Crippen molar-refractivity contribution in [2.24, 2.45) is 5.10 Å². The second kappa shape index (κ2) is 12.5. The first-order chi connectivity index (χ1) is 20.4. The van der Waals surface area contributed by atoms with Gasteiger partial charge in [-0.3, -0.25) is 4.79 Å². The molecule has 0 aliphatic rings. The fourth-order valence-corrected chi connectivity index (χ4v) is 6.00. The molecule has 0 saturated heterocycles. The zero-order valence-corrected chi connectivity index (χ0v) is 26.1. The maximum absolute atomic E-state index is 13.8. The van der Waals surface area contributed by atoms with E-state index in [0.29, 0.717) is 25.1 Å². The highest BCUT2D eigenvalue weighted by Gasteiger charge is 2.35. The fraction of sp³-hybridized carbons (Fsp3) is 0.0333. The Morgan fingerprint density at radius 3 is 2.37 bits per heavy atom. The molecule has 0 aliphatic carbocycles. The zero-order valence-electron chi connectivity index (χ0n) is 21.4. The van der Waals surface area contributed by atoms with Gasteiger partial charge in [-0.1, -0.05) is 69.5 Å². The van der Waals surface area contributed by atoms with Crippen molar-refractivity contribution in [3.63, 3.8) is 0 Å². The third-order valence-electron chi connectivity index (χ3n) is 6.19. The number of aromatic amines is 1. The molecule has 4 aromatic carbocycles. The number of hydrazone groups is 1. The minimum absolute atomic E-state index is 0.110. The number of alkyl halides is 3. The van der Waals surface area contributed by atoms with Gasteiger partial charge in [0.2, 0.25) is 0 Å². The van der Waals surface area contributed by atoms with E-state index in [4.69, 9.17) is 27.9 Å². The van der Waals surface area contributed by atoms with Crippen molar-refractivity contribution >= 4 is 84.1 Å². The van der Waals surface area contributed by atoms with Crippen molar-refractivity contribution in [1.29, 1.82) is 0 Å². The minimum atomic E-state index is -4.68. The van der Waals surface area contributed by atoms with Gasteiger partial charge in [0, 0.05) is 36.6 Å². The van der Waals surface area contributed by atoms with Crippen LogP contribution in [0, 0.1) is 0 Å². The molecule has 5 rings (SSSR count). The van der Waals surface area contributed by atoms with E-state index in [0.717, 1.165) is 6.07 Å². The number of benzene rings is 4. The van der Waals surface area contributed by atoms with E-state index in [9.17, 15) is 22.8 Å². The fourth-order valence-electron chi connectivity index (χ4n) is 4.31. The summed E-state index contributed by atoms with van der Waals surface area (Å²) in [5.41, 5.74) is 2.04. The Kier molecular flexibility index (Phi) is 8.98. The molecule has 1 aromatic heterocycles. The number of rotatable bonds is 6. The molecule has 43 heavy (non-hydrogen) atoms. The number of H-pyrrole nitrogens is 1. The van der Waals surface area contributed by atoms with Crippen LogP contribution in [0.3, 0.4) is 0 Å². The van der Waals surface area contributed by atoms with E-state index in [1.54, 1.807) is 48.5 Å². The highest BCUT2D eigenvalue weighted by molar-refractivity contribution is 9.11. The van der Waals surface area contributed by atoms with Crippen LogP contribution in [0.5, 0.6) is 5.75 Å². The van der Waals surface area contributed by atoms with E-state index in [1.807, 2.05) is 0 Å². The molecule has 13 heteroatoms. The van der Waals surface area contributed by atoms with Crippen LogP contribution in [0.25, 0.3) is 22.0 Å². The second-order valence-corrected chi connectivity index (χ2v) is 11.6. The van der Waals surface area contributed by atoms with Gasteiger partial charge in [-0.25, -0.2) is 10.2 Å². The Hall–Kier alpha value is -3.64. The van der Waals surface area contributed by atoms with Crippen LogP contribution in [-0.4, -0.2) is 23.1 Å². The number of esters is 1. The smallest absolute Gasteiger partial charge is 0.418 e. The largest absolute Gasteiger partial charge is 0.421 e. The van der Waals surface area contributed by atoms with Crippen molar-refractivity contribution in [3.05, 3.63) is 120 Å². The van der Waals surface area contributed by atoms with Gasteiger partial charge in [0.05, 0.1) is 27.3 Å². The van der Waals surface area contributed by atoms with E-state index < -0.39 is 23.6 Å². The van der Waals surface area contributed by atoms with Gasteiger partial charge >= 0.3 is 12.1 Å². The molecule has 1 heterocycles. The molecular formula is C30H16Br2Cl2F3N3O3. The number of nitrogens with zero attached hydrogens (tertiary/aromatic N) is 1. The average Bonchev–Trinajstić information content (AvgIpc) is 3.34. The topological polar surface area (TPSA) is 83.5 Å². The van der Waals surface area contributed by atoms with Crippen LogP contribution in [0.2, 0.25) is 10.0 Å². The number of carbonyl (C=O) groups is 2. The molecule has 2 N–H and O–H groups in total. The number of aromatic nitrogens is 1. The second-order valence-electron chi connectivity index (χ2n) is 8.98. The molecule has 0 unspecified atom stereocenters. The molecule has 0 radical (unpaired) electrons. The lowest BCUT2D eigenvalue weighted by molar-refractivity contribution is -0.136. The molecular weight excluding hydrogens is 738 g/mol. The van der Waals surface area contributed by atoms with Gasteiger partial charge in [-0.2, -0.15) is 18.3 Å². The lowest BCUT2D eigenvalue weighted by Crippen LogP contribution is -2.19. The quantitative estimate of drug-likeness (QED) is 0.0784. The highest BCUT2D eigenvalue weighted by atomic mass is 79.9. The summed E-state index contributed by atoms with van der Waals surface area (Å²) in [5, 5.41) is 4.85. The third-order valence-corrected chi connectivity index (χ3v) is 7.82. The van der Waals surface area contributed by atoms with Crippen molar-refractivity contribution in [2.75, 3.05) is 0 Å². The molecule has 5 aromatic rings. The number of ether oxygens (including phenoxy) is 1. The number of hydrogen-bond donors (Lipinski definition) is 2. The molecule has 218 valence electrons. The predicted octanol–water partition coefficient (Wildman–Crippen LogP) is 9.67. The number of para-hydroxylation sites is 1. The molecule has 0 aliphatic heterocycles. The van der Waals surface area contributed by atoms with E-state index >= 15 is 0 Å². The lowest BCUT2D eigenvalue weighted by Gasteiger charge is -2.11. The molecule has 6 nitrogen and oxygen atoms in total. The van der Waals surface area contributed by atoms with Crippen molar-refractivity contribution in [3.8, 4) is 16.9 Å². The van der Waals surface area contributed by atoms with Gasteiger partial charge < -0.3 is 9.72 Å². The first-order valence-corrected chi connectivity index (χ1v) is 14.5. The monoisotopic (exact) mass is 751 g/mol. The standard InChI is InChI=1S/C30H16Br2Cl2F3N3O3/c31-17-12-16(27(22(32)13-17)43-29(42)15-8-10-18(33)11-9-15)14-38-40-28(41)26-24(19-4-1-2-7-23(19)34)20-5-3-6-21(25(20)39-26)30(35,36)37/h1-14,39H,(H,40,41). The summed E-state index contributed by atoms with van der Waals surface area (Å²) in [6.45, 7) is 0. The number of amides is 1. The van der Waals surface area contributed by atoms with Gasteiger partial charge in [0.15, 0.2) is 5.75 Å². The van der Waals surface area contributed by atoms with E-state index in [1.165, 1.54) is 30.5 Å². The Balaban J connectivity index is 1.50. The number of fused-ring (bicyclic) bond motifs is 1. The highest BCUT2D eigenvalue weighted by Crippen LogP contribution is 2.41. The molecule has 0 fully saturated rings. The minimum Gasteiger partial charge on any atom is -0.421 e. The molecule has 0 atom stereocenters.